The third kappa shape index (κ3) is 8.56. The minimum Gasteiger partial charge on any atom is -0.473 e. The van der Waals surface area contributed by atoms with E-state index in [4.69, 9.17) is 24.5 Å². The van der Waals surface area contributed by atoms with Crippen LogP contribution >= 0.6 is 0 Å². The average molecular weight is 388 g/mol. The number of rotatable bonds is 4. The summed E-state index contributed by atoms with van der Waals surface area (Å²) in [6.07, 6.45) is 0.615. The summed E-state index contributed by atoms with van der Waals surface area (Å²) < 4.78 is 31.5. The van der Waals surface area contributed by atoms with Crippen molar-refractivity contribution in [3.8, 4) is 0 Å². The van der Waals surface area contributed by atoms with E-state index in [0.29, 0.717) is 13.0 Å². The number of amides is 1. The molecule has 150 valence electrons. The zero-order valence-corrected chi connectivity index (χ0v) is 14.9. The lowest BCUT2D eigenvalue weighted by Crippen LogP contribution is -2.46. The van der Waals surface area contributed by atoms with Gasteiger partial charge in [-0.3, -0.25) is 9.69 Å². The molecule has 1 fully saturated rings. The Labute approximate surface area is 154 Å². The lowest BCUT2D eigenvalue weighted by atomic mass is 10.2. The number of morpholine rings is 1. The quantitative estimate of drug-likeness (QED) is 0.670. The first-order valence-electron chi connectivity index (χ1n) is 8.17. The number of nitrogens with zero attached hydrogens (tertiary/aromatic N) is 1. The van der Waals surface area contributed by atoms with E-state index in [-0.39, 0.29) is 23.8 Å². The van der Waals surface area contributed by atoms with E-state index in [1.807, 2.05) is 13.8 Å². The van der Waals surface area contributed by atoms with Crippen LogP contribution in [0.3, 0.4) is 0 Å². The number of carboxylic acids is 2. The summed E-state index contributed by atoms with van der Waals surface area (Å²) in [6, 6.07) is 3.32. The Morgan fingerprint density at radius 3 is 2.15 bits per heavy atom. The summed E-state index contributed by atoms with van der Waals surface area (Å²) in [6.45, 7) is 6.22. The van der Waals surface area contributed by atoms with Gasteiger partial charge in [-0.25, -0.2) is 18.4 Å². The van der Waals surface area contributed by atoms with E-state index in [1.165, 1.54) is 6.07 Å². The van der Waals surface area contributed by atoms with Crippen LogP contribution in [0.5, 0.6) is 0 Å². The van der Waals surface area contributed by atoms with Crippen LogP contribution in [-0.2, 0) is 19.1 Å². The number of hydrogen-bond acceptors (Lipinski definition) is 5. The first-order valence-corrected chi connectivity index (χ1v) is 8.17. The minimum absolute atomic E-state index is 0.156. The molecule has 0 saturated carbocycles. The number of aliphatic carboxylic acids is 2. The predicted octanol–water partition coefficient (Wildman–Crippen LogP) is 1.56. The van der Waals surface area contributed by atoms with Crippen molar-refractivity contribution in [3.63, 3.8) is 0 Å². The van der Waals surface area contributed by atoms with Crippen molar-refractivity contribution < 1.29 is 38.1 Å². The van der Waals surface area contributed by atoms with Crippen LogP contribution < -0.4 is 5.32 Å². The normalized spacial score (nSPS) is 19.6. The van der Waals surface area contributed by atoms with Gasteiger partial charge in [-0.15, -0.1) is 0 Å². The molecular formula is C17H22F2N2O6. The van der Waals surface area contributed by atoms with Gasteiger partial charge in [0.15, 0.2) is 11.6 Å². The van der Waals surface area contributed by atoms with Gasteiger partial charge in [0, 0.05) is 37.8 Å². The van der Waals surface area contributed by atoms with Gasteiger partial charge in [0.1, 0.15) is 0 Å². The van der Waals surface area contributed by atoms with Crippen LogP contribution in [0.25, 0.3) is 0 Å². The van der Waals surface area contributed by atoms with Crippen LogP contribution in [0.1, 0.15) is 20.3 Å². The maximum absolute atomic E-state index is 13.0. The van der Waals surface area contributed by atoms with Crippen molar-refractivity contribution in [2.45, 2.75) is 32.5 Å². The van der Waals surface area contributed by atoms with E-state index in [2.05, 4.69) is 10.2 Å². The third-order valence-electron chi connectivity index (χ3n) is 3.54. The molecule has 1 heterocycles. The molecule has 1 aromatic carbocycles. The number of ether oxygens (including phenoxy) is 1. The topological polar surface area (TPSA) is 116 Å². The van der Waals surface area contributed by atoms with Gasteiger partial charge < -0.3 is 20.3 Å². The number of hydrogen-bond donors (Lipinski definition) is 3. The molecule has 1 aromatic rings. The Balaban J connectivity index is 0.000000527. The summed E-state index contributed by atoms with van der Waals surface area (Å²) in [4.78, 5) is 32.2. The zero-order valence-electron chi connectivity index (χ0n) is 14.9. The predicted molar refractivity (Wildman–Crippen MR) is 91.3 cm³/mol. The van der Waals surface area contributed by atoms with Crippen LogP contribution in [-0.4, -0.2) is 64.8 Å². The molecular weight excluding hydrogens is 366 g/mol. The molecule has 0 aromatic heterocycles. The number of benzene rings is 1. The van der Waals surface area contributed by atoms with E-state index in [1.54, 1.807) is 0 Å². The van der Waals surface area contributed by atoms with Crippen LogP contribution in [0.4, 0.5) is 14.5 Å². The SMILES string of the molecule is CC1CN(CCC(=O)Nc2ccc(F)c(F)c2)CC(C)O1.O=C(O)C(=O)O. The Morgan fingerprint density at radius 2 is 1.67 bits per heavy atom. The van der Waals surface area contributed by atoms with Gasteiger partial charge in [-0.2, -0.15) is 0 Å². The second-order valence-electron chi connectivity index (χ2n) is 6.05. The number of carboxylic acid groups (broad SMARTS) is 2. The molecule has 10 heteroatoms. The fourth-order valence-corrected chi connectivity index (χ4v) is 2.52. The molecule has 27 heavy (non-hydrogen) atoms. The van der Waals surface area contributed by atoms with Crippen molar-refractivity contribution in [3.05, 3.63) is 29.8 Å². The number of halogens is 2. The minimum atomic E-state index is -1.82. The number of nitrogens with one attached hydrogen (secondary N) is 1. The summed E-state index contributed by atoms with van der Waals surface area (Å²) in [5.74, 6) is -5.76. The Bertz CT molecular complexity index is 663. The molecule has 0 bridgehead atoms. The highest BCUT2D eigenvalue weighted by Gasteiger charge is 2.22. The van der Waals surface area contributed by atoms with Crippen molar-refractivity contribution in [2.24, 2.45) is 0 Å². The summed E-state index contributed by atoms with van der Waals surface area (Å²) in [5, 5.41) is 17.4. The number of carbonyl (C=O) groups is 3. The molecule has 2 rings (SSSR count). The molecule has 1 amide bonds. The Hall–Kier alpha value is -2.59. The highest BCUT2D eigenvalue weighted by molar-refractivity contribution is 6.27. The third-order valence-corrected chi connectivity index (χ3v) is 3.54. The lowest BCUT2D eigenvalue weighted by Gasteiger charge is -2.35. The van der Waals surface area contributed by atoms with Gasteiger partial charge in [-0.1, -0.05) is 0 Å². The molecule has 2 atom stereocenters. The van der Waals surface area contributed by atoms with Crippen molar-refractivity contribution in [1.82, 2.24) is 4.90 Å². The molecule has 0 spiro atoms. The fraction of sp³-hybridized carbons (Fsp3) is 0.471. The van der Waals surface area contributed by atoms with Crippen LogP contribution in [0.15, 0.2) is 18.2 Å². The van der Waals surface area contributed by atoms with Crippen LogP contribution in [0.2, 0.25) is 0 Å². The van der Waals surface area contributed by atoms with Gasteiger partial charge in [-0.05, 0) is 26.0 Å². The monoisotopic (exact) mass is 388 g/mol. The smallest absolute Gasteiger partial charge is 0.414 e. The molecule has 0 radical (unpaired) electrons. The summed E-state index contributed by atoms with van der Waals surface area (Å²) in [7, 11) is 0. The van der Waals surface area contributed by atoms with Crippen molar-refractivity contribution in [2.75, 3.05) is 25.0 Å². The highest BCUT2D eigenvalue weighted by atomic mass is 19.2. The summed E-state index contributed by atoms with van der Waals surface area (Å²) in [5.41, 5.74) is 0.266. The second kappa shape index (κ2) is 10.5. The summed E-state index contributed by atoms with van der Waals surface area (Å²) >= 11 is 0. The number of anilines is 1. The molecule has 1 saturated heterocycles. The zero-order chi connectivity index (χ0) is 20.6. The first-order chi connectivity index (χ1) is 12.6. The lowest BCUT2D eigenvalue weighted by molar-refractivity contribution is -0.159. The van der Waals surface area contributed by atoms with E-state index < -0.39 is 23.6 Å². The van der Waals surface area contributed by atoms with Gasteiger partial charge in [0.05, 0.1) is 12.2 Å². The second-order valence-corrected chi connectivity index (χ2v) is 6.05. The average Bonchev–Trinajstić information content (AvgIpc) is 2.56. The molecule has 0 aliphatic carbocycles. The molecule has 1 aliphatic heterocycles. The Morgan fingerprint density at radius 1 is 1.11 bits per heavy atom. The van der Waals surface area contributed by atoms with Gasteiger partial charge in [0.25, 0.3) is 0 Å². The van der Waals surface area contributed by atoms with Gasteiger partial charge >= 0.3 is 11.9 Å². The fourth-order valence-electron chi connectivity index (χ4n) is 2.52. The largest absolute Gasteiger partial charge is 0.473 e. The molecule has 8 nitrogen and oxygen atoms in total. The van der Waals surface area contributed by atoms with E-state index in [9.17, 15) is 13.6 Å². The van der Waals surface area contributed by atoms with E-state index in [0.717, 1.165) is 25.2 Å². The van der Waals surface area contributed by atoms with Crippen molar-refractivity contribution >= 4 is 23.5 Å². The highest BCUT2D eigenvalue weighted by Crippen LogP contribution is 2.14. The van der Waals surface area contributed by atoms with Crippen LogP contribution in [0, 0.1) is 11.6 Å². The standard InChI is InChI=1S/C15H20F2N2O2.C2H2O4/c1-10-8-19(9-11(2)21-10)6-5-15(20)18-12-3-4-13(16)14(17)7-12;3-1(4)2(5)6/h3-4,7,10-11H,5-6,8-9H2,1-2H3,(H,18,20);(H,3,4)(H,5,6). The first kappa shape index (κ1) is 22.5. The van der Waals surface area contributed by atoms with Gasteiger partial charge in [0.2, 0.25) is 5.91 Å². The number of carbonyl (C=O) groups excluding carboxylic acids is 1. The molecule has 2 unspecified atom stereocenters. The maximum atomic E-state index is 13.0. The maximum Gasteiger partial charge on any atom is 0.414 e. The molecule has 1 aliphatic rings. The van der Waals surface area contributed by atoms with E-state index >= 15 is 0 Å². The van der Waals surface area contributed by atoms with Crippen molar-refractivity contribution in [1.29, 1.82) is 0 Å². The molecule has 3 N–H and O–H groups in total. The Kier molecular flexibility index (Phi) is 8.76.